The van der Waals surface area contributed by atoms with Crippen molar-refractivity contribution in [1.29, 1.82) is 0 Å². The molecule has 2 amide bonds. The van der Waals surface area contributed by atoms with Gasteiger partial charge in [0.05, 0.1) is 5.69 Å². The van der Waals surface area contributed by atoms with Crippen LogP contribution in [0.3, 0.4) is 0 Å². The largest absolute Gasteiger partial charge is 0.338 e. The van der Waals surface area contributed by atoms with Crippen LogP contribution in [0.5, 0.6) is 0 Å². The van der Waals surface area contributed by atoms with E-state index in [-0.39, 0.29) is 6.03 Å². The van der Waals surface area contributed by atoms with Gasteiger partial charge in [0.1, 0.15) is 0 Å². The highest BCUT2D eigenvalue weighted by Crippen LogP contribution is 2.22. The molecule has 2 N–H and O–H groups in total. The molecule has 0 atom stereocenters. The molecule has 0 aliphatic carbocycles. The van der Waals surface area contributed by atoms with E-state index in [0.717, 1.165) is 42.5 Å². The smallest absolute Gasteiger partial charge is 0.319 e. The molecule has 4 heteroatoms. The fraction of sp³-hybridized carbons (Fsp3) is 0.389. The van der Waals surface area contributed by atoms with Crippen LogP contribution >= 0.6 is 0 Å². The van der Waals surface area contributed by atoms with Crippen LogP contribution in [0.4, 0.5) is 10.5 Å². The molecule has 0 unspecified atom stereocenters. The number of hydrogen-bond donors (Lipinski definition) is 2. The first kappa shape index (κ1) is 16.3. The van der Waals surface area contributed by atoms with E-state index in [1.54, 1.807) is 0 Å². The van der Waals surface area contributed by atoms with E-state index < -0.39 is 0 Å². The van der Waals surface area contributed by atoms with E-state index >= 15 is 0 Å². The number of benzene rings is 2. The van der Waals surface area contributed by atoms with Gasteiger partial charge >= 0.3 is 6.03 Å². The van der Waals surface area contributed by atoms with Crippen molar-refractivity contribution in [2.24, 2.45) is 0 Å². The van der Waals surface area contributed by atoms with Crippen molar-refractivity contribution in [3.8, 4) is 0 Å². The number of anilines is 1. The Labute approximate surface area is 132 Å². The number of carbonyl (C=O) groups excluding carboxylic acids is 1. The lowest BCUT2D eigenvalue weighted by atomic mass is 10.1. The van der Waals surface area contributed by atoms with Crippen molar-refractivity contribution in [2.45, 2.75) is 20.3 Å². The SMILES string of the molecule is CCN(CC)CCCNC(=O)Nc1cccc2ccccc12. The fourth-order valence-corrected chi connectivity index (χ4v) is 2.55. The normalized spacial score (nSPS) is 10.9. The lowest BCUT2D eigenvalue weighted by molar-refractivity contribution is 0.250. The first-order valence-electron chi connectivity index (χ1n) is 7.99. The van der Waals surface area contributed by atoms with E-state index in [9.17, 15) is 4.79 Å². The minimum Gasteiger partial charge on any atom is -0.338 e. The summed E-state index contributed by atoms with van der Waals surface area (Å²) in [5, 5.41) is 8.05. The average Bonchev–Trinajstić information content (AvgIpc) is 2.55. The molecular formula is C18H25N3O. The molecule has 2 aromatic carbocycles. The second-order valence-electron chi connectivity index (χ2n) is 5.29. The summed E-state index contributed by atoms with van der Waals surface area (Å²) in [5.41, 5.74) is 0.847. The summed E-state index contributed by atoms with van der Waals surface area (Å²) in [6.07, 6.45) is 0.963. The van der Waals surface area contributed by atoms with Gasteiger partial charge in [-0.25, -0.2) is 4.79 Å². The lowest BCUT2D eigenvalue weighted by Gasteiger charge is -2.17. The van der Waals surface area contributed by atoms with Crippen LogP contribution in [0.2, 0.25) is 0 Å². The molecule has 0 aliphatic heterocycles. The van der Waals surface area contributed by atoms with Gasteiger partial charge < -0.3 is 15.5 Å². The van der Waals surface area contributed by atoms with Crippen LogP contribution in [-0.4, -0.2) is 37.1 Å². The molecule has 22 heavy (non-hydrogen) atoms. The second-order valence-corrected chi connectivity index (χ2v) is 5.29. The maximum absolute atomic E-state index is 12.0. The summed E-state index contributed by atoms with van der Waals surface area (Å²) in [4.78, 5) is 14.4. The third-order valence-electron chi connectivity index (χ3n) is 3.87. The van der Waals surface area contributed by atoms with Crippen LogP contribution in [0.1, 0.15) is 20.3 Å². The maximum atomic E-state index is 12.0. The molecule has 0 bridgehead atoms. The van der Waals surface area contributed by atoms with E-state index in [2.05, 4.69) is 29.4 Å². The minimum absolute atomic E-state index is 0.143. The predicted octanol–water partition coefficient (Wildman–Crippen LogP) is 3.69. The van der Waals surface area contributed by atoms with Crippen molar-refractivity contribution in [1.82, 2.24) is 10.2 Å². The Balaban J connectivity index is 1.84. The number of rotatable bonds is 7. The quantitative estimate of drug-likeness (QED) is 0.766. The summed E-state index contributed by atoms with van der Waals surface area (Å²) in [7, 11) is 0. The summed E-state index contributed by atoms with van der Waals surface area (Å²) in [5.74, 6) is 0. The first-order valence-corrected chi connectivity index (χ1v) is 7.99. The summed E-state index contributed by atoms with van der Waals surface area (Å²) < 4.78 is 0. The number of nitrogens with zero attached hydrogens (tertiary/aromatic N) is 1. The topological polar surface area (TPSA) is 44.4 Å². The van der Waals surface area contributed by atoms with Gasteiger partial charge in [0.2, 0.25) is 0 Å². The van der Waals surface area contributed by atoms with Gasteiger partial charge in [-0.3, -0.25) is 0 Å². The molecule has 0 aliphatic rings. The number of amides is 2. The number of hydrogen-bond acceptors (Lipinski definition) is 2. The van der Waals surface area contributed by atoms with Gasteiger partial charge in [0.25, 0.3) is 0 Å². The Bertz CT molecular complexity index is 603. The van der Waals surface area contributed by atoms with Gasteiger partial charge in [-0.15, -0.1) is 0 Å². The van der Waals surface area contributed by atoms with Gasteiger partial charge in [-0.1, -0.05) is 50.2 Å². The van der Waals surface area contributed by atoms with Gasteiger partial charge in [0, 0.05) is 11.9 Å². The van der Waals surface area contributed by atoms with Crippen molar-refractivity contribution < 1.29 is 4.79 Å². The Morgan fingerprint density at radius 3 is 2.55 bits per heavy atom. The average molecular weight is 299 g/mol. The summed E-state index contributed by atoms with van der Waals surface area (Å²) in [6.45, 7) is 8.13. The number of carbonyl (C=O) groups is 1. The number of urea groups is 1. The Morgan fingerprint density at radius 1 is 1.05 bits per heavy atom. The molecule has 0 spiro atoms. The monoisotopic (exact) mass is 299 g/mol. The van der Waals surface area contributed by atoms with Crippen LogP contribution in [0, 0.1) is 0 Å². The highest BCUT2D eigenvalue weighted by Gasteiger charge is 2.05. The molecule has 0 aromatic heterocycles. The second kappa shape index (κ2) is 8.39. The Kier molecular flexibility index (Phi) is 6.22. The first-order chi connectivity index (χ1) is 10.7. The molecule has 0 saturated heterocycles. The zero-order chi connectivity index (χ0) is 15.8. The molecule has 0 saturated carbocycles. The zero-order valence-electron chi connectivity index (χ0n) is 13.4. The lowest BCUT2D eigenvalue weighted by Crippen LogP contribution is -2.32. The van der Waals surface area contributed by atoms with Crippen LogP contribution in [-0.2, 0) is 0 Å². The van der Waals surface area contributed by atoms with Crippen LogP contribution in [0.25, 0.3) is 10.8 Å². The van der Waals surface area contributed by atoms with Crippen LogP contribution in [0.15, 0.2) is 42.5 Å². The third kappa shape index (κ3) is 4.46. The van der Waals surface area contributed by atoms with E-state index in [1.165, 1.54) is 0 Å². The van der Waals surface area contributed by atoms with Crippen molar-refractivity contribution in [3.63, 3.8) is 0 Å². The standard InChI is InChI=1S/C18H25N3O/c1-3-21(4-2)14-8-13-19-18(22)20-17-12-7-10-15-9-5-6-11-16(15)17/h5-7,9-12H,3-4,8,13-14H2,1-2H3,(H2,19,20,22). The van der Waals surface area contributed by atoms with Crippen molar-refractivity contribution in [3.05, 3.63) is 42.5 Å². The molecule has 2 aromatic rings. The van der Waals surface area contributed by atoms with Gasteiger partial charge in [0.15, 0.2) is 0 Å². The number of fused-ring (bicyclic) bond motifs is 1. The maximum Gasteiger partial charge on any atom is 0.319 e. The van der Waals surface area contributed by atoms with E-state index in [4.69, 9.17) is 0 Å². The van der Waals surface area contributed by atoms with Crippen molar-refractivity contribution >= 4 is 22.5 Å². The molecule has 2 rings (SSSR count). The van der Waals surface area contributed by atoms with Crippen LogP contribution < -0.4 is 10.6 Å². The summed E-state index contributed by atoms with van der Waals surface area (Å²) in [6, 6.07) is 13.8. The van der Waals surface area contributed by atoms with E-state index in [0.29, 0.717) is 6.54 Å². The Morgan fingerprint density at radius 2 is 1.77 bits per heavy atom. The predicted molar refractivity (Wildman–Crippen MR) is 93.4 cm³/mol. The minimum atomic E-state index is -0.143. The summed E-state index contributed by atoms with van der Waals surface area (Å²) >= 11 is 0. The van der Waals surface area contributed by atoms with Gasteiger partial charge in [-0.05, 0) is 37.5 Å². The molecule has 0 heterocycles. The van der Waals surface area contributed by atoms with Gasteiger partial charge in [-0.2, -0.15) is 0 Å². The fourth-order valence-electron chi connectivity index (χ4n) is 2.55. The third-order valence-corrected chi connectivity index (χ3v) is 3.87. The highest BCUT2D eigenvalue weighted by molar-refractivity contribution is 6.01. The molecule has 4 nitrogen and oxygen atoms in total. The molecular weight excluding hydrogens is 274 g/mol. The van der Waals surface area contributed by atoms with Crippen molar-refractivity contribution in [2.75, 3.05) is 31.5 Å². The van der Waals surface area contributed by atoms with E-state index in [1.807, 2.05) is 42.5 Å². The molecule has 0 radical (unpaired) electrons. The highest BCUT2D eigenvalue weighted by atomic mass is 16.2. The Hall–Kier alpha value is -2.07. The zero-order valence-corrected chi connectivity index (χ0v) is 13.4. The molecule has 0 fully saturated rings. The molecule has 118 valence electrons. The number of nitrogens with one attached hydrogen (secondary N) is 2.